The van der Waals surface area contributed by atoms with Crippen molar-refractivity contribution in [3.63, 3.8) is 0 Å². The van der Waals surface area contributed by atoms with E-state index < -0.39 is 0 Å². The minimum Gasteiger partial charge on any atom is -0.306 e. The molecule has 0 aromatic heterocycles. The van der Waals surface area contributed by atoms with Crippen molar-refractivity contribution in [2.24, 2.45) is 0 Å². The van der Waals surface area contributed by atoms with Crippen molar-refractivity contribution < 1.29 is 0 Å². The zero-order valence-corrected chi connectivity index (χ0v) is 9.60. The summed E-state index contributed by atoms with van der Waals surface area (Å²) in [7, 11) is 2.19. The molecule has 1 heteroatoms. The molecule has 0 aromatic rings. The van der Waals surface area contributed by atoms with Crippen LogP contribution in [-0.4, -0.2) is 25.0 Å². The first-order chi connectivity index (χ1) is 6.20. The van der Waals surface area contributed by atoms with Crippen molar-refractivity contribution in [2.45, 2.75) is 46.0 Å². The molecule has 0 unspecified atom stereocenters. The third-order valence-corrected chi connectivity index (χ3v) is 2.34. The molecule has 0 fully saturated rings. The smallest absolute Gasteiger partial charge is 0.00154 e. The van der Waals surface area contributed by atoms with Crippen LogP contribution in [0.1, 0.15) is 46.0 Å². The van der Waals surface area contributed by atoms with Crippen molar-refractivity contribution in [1.29, 1.82) is 0 Å². The highest BCUT2D eigenvalue weighted by molar-refractivity contribution is 4.94. The Hall–Kier alpha value is -0.300. The Morgan fingerprint density at radius 2 is 1.77 bits per heavy atom. The molecular formula is C12H25N. The summed E-state index contributed by atoms with van der Waals surface area (Å²) in [5.74, 6) is 0. The Labute approximate surface area is 83.8 Å². The third kappa shape index (κ3) is 8.04. The lowest BCUT2D eigenvalue weighted by Crippen LogP contribution is -2.20. The quantitative estimate of drug-likeness (QED) is 0.521. The Morgan fingerprint density at radius 3 is 2.31 bits per heavy atom. The van der Waals surface area contributed by atoms with Gasteiger partial charge in [-0.15, -0.1) is 0 Å². The molecule has 0 bridgehead atoms. The maximum absolute atomic E-state index is 4.10. The first-order valence-electron chi connectivity index (χ1n) is 5.55. The Bertz CT molecular complexity index is 129. The molecule has 13 heavy (non-hydrogen) atoms. The van der Waals surface area contributed by atoms with Gasteiger partial charge in [0.15, 0.2) is 0 Å². The lowest BCUT2D eigenvalue weighted by molar-refractivity contribution is 0.337. The lowest BCUT2D eigenvalue weighted by Gasteiger charge is -2.15. The van der Waals surface area contributed by atoms with Gasteiger partial charge >= 0.3 is 0 Å². The van der Waals surface area contributed by atoms with E-state index in [1.54, 1.807) is 0 Å². The molecule has 0 radical (unpaired) electrons. The molecule has 0 rings (SSSR count). The predicted molar refractivity (Wildman–Crippen MR) is 61.1 cm³/mol. The first-order valence-corrected chi connectivity index (χ1v) is 5.55. The number of hydrogen-bond acceptors (Lipinski definition) is 1. The number of unbranched alkanes of at least 4 members (excludes halogenated alkanes) is 1. The van der Waals surface area contributed by atoms with Crippen molar-refractivity contribution in [2.75, 3.05) is 20.1 Å². The molecule has 0 heterocycles. The van der Waals surface area contributed by atoms with Crippen LogP contribution in [0, 0.1) is 0 Å². The topological polar surface area (TPSA) is 3.24 Å². The van der Waals surface area contributed by atoms with E-state index in [1.807, 2.05) is 0 Å². The van der Waals surface area contributed by atoms with Gasteiger partial charge in [-0.05, 0) is 39.3 Å². The van der Waals surface area contributed by atoms with Gasteiger partial charge in [0.2, 0.25) is 0 Å². The van der Waals surface area contributed by atoms with Crippen LogP contribution >= 0.6 is 0 Å². The SMILES string of the molecule is C=C(CCCC)CCN(C)CCC. The summed E-state index contributed by atoms with van der Waals surface area (Å²) < 4.78 is 0. The highest BCUT2D eigenvalue weighted by Crippen LogP contribution is 2.09. The molecule has 78 valence electrons. The maximum Gasteiger partial charge on any atom is 0.00154 e. The number of rotatable bonds is 8. The Kier molecular flexibility index (Phi) is 8.11. The van der Waals surface area contributed by atoms with Crippen LogP contribution in [-0.2, 0) is 0 Å². The van der Waals surface area contributed by atoms with E-state index in [-0.39, 0.29) is 0 Å². The fraction of sp³-hybridized carbons (Fsp3) is 0.833. The zero-order chi connectivity index (χ0) is 10.1. The van der Waals surface area contributed by atoms with E-state index >= 15 is 0 Å². The lowest BCUT2D eigenvalue weighted by atomic mass is 10.1. The van der Waals surface area contributed by atoms with Crippen LogP contribution in [0.2, 0.25) is 0 Å². The van der Waals surface area contributed by atoms with Crippen molar-refractivity contribution in [3.8, 4) is 0 Å². The second kappa shape index (κ2) is 8.31. The molecule has 0 saturated carbocycles. The molecule has 0 saturated heterocycles. The van der Waals surface area contributed by atoms with E-state index in [2.05, 4.69) is 32.4 Å². The van der Waals surface area contributed by atoms with Crippen molar-refractivity contribution in [1.82, 2.24) is 4.90 Å². The van der Waals surface area contributed by atoms with Gasteiger partial charge in [-0.1, -0.05) is 32.4 Å². The predicted octanol–water partition coefficient (Wildman–Crippen LogP) is 3.46. The van der Waals surface area contributed by atoms with Crippen LogP contribution in [0.25, 0.3) is 0 Å². The van der Waals surface area contributed by atoms with E-state index in [0.717, 1.165) is 0 Å². The Balaban J connectivity index is 3.34. The summed E-state index contributed by atoms with van der Waals surface area (Å²) in [6.07, 6.45) is 6.23. The summed E-state index contributed by atoms with van der Waals surface area (Å²) in [6, 6.07) is 0. The molecule has 0 N–H and O–H groups in total. The van der Waals surface area contributed by atoms with Crippen LogP contribution < -0.4 is 0 Å². The van der Waals surface area contributed by atoms with Gasteiger partial charge in [0.05, 0.1) is 0 Å². The van der Waals surface area contributed by atoms with Crippen molar-refractivity contribution in [3.05, 3.63) is 12.2 Å². The maximum atomic E-state index is 4.10. The largest absolute Gasteiger partial charge is 0.306 e. The molecule has 0 aliphatic heterocycles. The van der Waals surface area contributed by atoms with Crippen LogP contribution in [0.5, 0.6) is 0 Å². The van der Waals surface area contributed by atoms with E-state index in [4.69, 9.17) is 0 Å². The summed E-state index contributed by atoms with van der Waals surface area (Å²) in [4.78, 5) is 2.39. The van der Waals surface area contributed by atoms with Gasteiger partial charge in [0.1, 0.15) is 0 Å². The fourth-order valence-electron chi connectivity index (χ4n) is 1.39. The molecule has 0 aliphatic carbocycles. The summed E-state index contributed by atoms with van der Waals surface area (Å²) >= 11 is 0. The van der Waals surface area contributed by atoms with E-state index in [1.165, 1.54) is 50.8 Å². The molecule has 1 nitrogen and oxygen atoms in total. The molecule has 0 aliphatic rings. The number of nitrogens with zero attached hydrogens (tertiary/aromatic N) is 1. The van der Waals surface area contributed by atoms with E-state index in [9.17, 15) is 0 Å². The average Bonchev–Trinajstić information content (AvgIpc) is 2.12. The van der Waals surface area contributed by atoms with Crippen LogP contribution in [0.15, 0.2) is 12.2 Å². The Morgan fingerprint density at radius 1 is 1.08 bits per heavy atom. The first kappa shape index (κ1) is 12.7. The van der Waals surface area contributed by atoms with Gasteiger partial charge in [-0.2, -0.15) is 0 Å². The van der Waals surface area contributed by atoms with Crippen LogP contribution in [0.4, 0.5) is 0 Å². The summed E-state index contributed by atoms with van der Waals surface area (Å²) in [5.41, 5.74) is 1.42. The third-order valence-electron chi connectivity index (χ3n) is 2.34. The highest BCUT2D eigenvalue weighted by Gasteiger charge is 1.98. The second-order valence-corrected chi connectivity index (χ2v) is 3.91. The second-order valence-electron chi connectivity index (χ2n) is 3.91. The molecule has 0 spiro atoms. The monoisotopic (exact) mass is 183 g/mol. The minimum atomic E-state index is 1.18. The average molecular weight is 183 g/mol. The fourth-order valence-corrected chi connectivity index (χ4v) is 1.39. The normalized spacial score (nSPS) is 10.8. The van der Waals surface area contributed by atoms with Gasteiger partial charge in [-0.3, -0.25) is 0 Å². The standard InChI is InChI=1S/C12H25N/c1-5-7-8-12(3)9-11-13(4)10-6-2/h3,5-11H2,1-2,4H3. The zero-order valence-electron chi connectivity index (χ0n) is 9.60. The van der Waals surface area contributed by atoms with E-state index in [0.29, 0.717) is 0 Å². The van der Waals surface area contributed by atoms with Gasteiger partial charge in [0, 0.05) is 6.54 Å². The van der Waals surface area contributed by atoms with Crippen molar-refractivity contribution >= 4 is 0 Å². The van der Waals surface area contributed by atoms with Gasteiger partial charge in [-0.25, -0.2) is 0 Å². The number of hydrogen-bond donors (Lipinski definition) is 0. The summed E-state index contributed by atoms with van der Waals surface area (Å²) in [6.45, 7) is 10.9. The molecule has 0 aromatic carbocycles. The highest BCUT2D eigenvalue weighted by atomic mass is 15.1. The van der Waals surface area contributed by atoms with Gasteiger partial charge in [0.25, 0.3) is 0 Å². The van der Waals surface area contributed by atoms with Gasteiger partial charge < -0.3 is 4.90 Å². The summed E-state index contributed by atoms with van der Waals surface area (Å²) in [5, 5.41) is 0. The van der Waals surface area contributed by atoms with Crippen LogP contribution in [0.3, 0.4) is 0 Å². The minimum absolute atomic E-state index is 1.18. The molecular weight excluding hydrogens is 158 g/mol. The molecule has 0 amide bonds. The molecule has 0 atom stereocenters.